The van der Waals surface area contributed by atoms with Crippen molar-refractivity contribution in [3.63, 3.8) is 0 Å². The summed E-state index contributed by atoms with van der Waals surface area (Å²) >= 11 is 0. The number of benzene rings is 2. The van der Waals surface area contributed by atoms with Crippen LogP contribution in [0.4, 0.5) is 5.82 Å². The van der Waals surface area contributed by atoms with E-state index in [9.17, 15) is 0 Å². The minimum Gasteiger partial charge on any atom is -0.364 e. The number of nitrogens with zero attached hydrogens (tertiary/aromatic N) is 4. The standard InChI is InChI=1S/C19H15N5/c1-3-7-14(8-4-1)13-22-19-16-18(21-12-11-20-16)23-17(24-19)15-9-5-2-6-10-15/h1-12H,13H2,(H,21,22,23,24). The van der Waals surface area contributed by atoms with Gasteiger partial charge in [-0.05, 0) is 5.56 Å². The molecule has 0 saturated heterocycles. The molecule has 2 heterocycles. The van der Waals surface area contributed by atoms with Gasteiger partial charge in [-0.1, -0.05) is 60.7 Å². The lowest BCUT2D eigenvalue weighted by atomic mass is 10.2. The molecule has 116 valence electrons. The van der Waals surface area contributed by atoms with Crippen molar-refractivity contribution in [2.45, 2.75) is 6.54 Å². The molecule has 24 heavy (non-hydrogen) atoms. The molecule has 2 aromatic carbocycles. The summed E-state index contributed by atoms with van der Waals surface area (Å²) in [5.74, 6) is 1.33. The maximum absolute atomic E-state index is 4.66. The lowest BCUT2D eigenvalue weighted by Gasteiger charge is -2.10. The van der Waals surface area contributed by atoms with Crippen LogP contribution in [0.1, 0.15) is 5.56 Å². The van der Waals surface area contributed by atoms with Crippen LogP contribution in [0.25, 0.3) is 22.6 Å². The zero-order valence-corrected chi connectivity index (χ0v) is 12.9. The molecule has 5 heteroatoms. The van der Waals surface area contributed by atoms with Crippen molar-refractivity contribution in [2.75, 3.05) is 5.32 Å². The van der Waals surface area contributed by atoms with Gasteiger partial charge < -0.3 is 5.32 Å². The van der Waals surface area contributed by atoms with E-state index < -0.39 is 0 Å². The van der Waals surface area contributed by atoms with Crippen molar-refractivity contribution >= 4 is 17.0 Å². The van der Waals surface area contributed by atoms with Crippen molar-refractivity contribution in [3.05, 3.63) is 78.6 Å². The van der Waals surface area contributed by atoms with Gasteiger partial charge in [0.25, 0.3) is 0 Å². The Kier molecular flexibility index (Phi) is 3.81. The third-order valence-electron chi connectivity index (χ3n) is 3.67. The molecule has 0 bridgehead atoms. The van der Waals surface area contributed by atoms with Crippen molar-refractivity contribution in [1.29, 1.82) is 0 Å². The minimum absolute atomic E-state index is 0.585. The number of aromatic nitrogens is 4. The molecule has 4 rings (SSSR count). The monoisotopic (exact) mass is 313 g/mol. The topological polar surface area (TPSA) is 63.6 Å². The molecule has 0 fully saturated rings. The summed E-state index contributed by atoms with van der Waals surface area (Å²) in [5.41, 5.74) is 3.39. The fourth-order valence-electron chi connectivity index (χ4n) is 2.48. The van der Waals surface area contributed by atoms with E-state index >= 15 is 0 Å². The average molecular weight is 313 g/mol. The SMILES string of the molecule is c1ccc(CNc2nc(-c3ccccc3)nc3nccnc23)cc1. The van der Waals surface area contributed by atoms with Crippen LogP contribution in [-0.2, 0) is 6.54 Å². The maximum atomic E-state index is 4.66. The summed E-state index contributed by atoms with van der Waals surface area (Å²) in [7, 11) is 0. The number of fused-ring (bicyclic) bond motifs is 1. The largest absolute Gasteiger partial charge is 0.364 e. The van der Waals surface area contributed by atoms with Gasteiger partial charge in [0.2, 0.25) is 0 Å². The molecule has 5 nitrogen and oxygen atoms in total. The fraction of sp³-hybridized carbons (Fsp3) is 0.0526. The van der Waals surface area contributed by atoms with E-state index in [4.69, 9.17) is 0 Å². The Hall–Kier alpha value is -3.34. The van der Waals surface area contributed by atoms with Gasteiger partial charge in [-0.3, -0.25) is 0 Å². The highest BCUT2D eigenvalue weighted by atomic mass is 15.1. The van der Waals surface area contributed by atoms with E-state index in [0.29, 0.717) is 29.4 Å². The Morgan fingerprint density at radius 1 is 0.750 bits per heavy atom. The van der Waals surface area contributed by atoms with Crippen LogP contribution in [0.15, 0.2) is 73.1 Å². The van der Waals surface area contributed by atoms with Crippen molar-refractivity contribution in [2.24, 2.45) is 0 Å². The van der Waals surface area contributed by atoms with Crippen LogP contribution < -0.4 is 5.32 Å². The zero-order valence-electron chi connectivity index (χ0n) is 12.9. The third kappa shape index (κ3) is 2.92. The molecule has 0 aliphatic carbocycles. The van der Waals surface area contributed by atoms with Crippen LogP contribution in [0, 0.1) is 0 Å². The second kappa shape index (κ2) is 6.42. The normalized spacial score (nSPS) is 10.7. The Morgan fingerprint density at radius 2 is 1.46 bits per heavy atom. The molecule has 0 spiro atoms. The molecule has 4 aromatic rings. The Balaban J connectivity index is 1.75. The highest BCUT2D eigenvalue weighted by Gasteiger charge is 2.11. The maximum Gasteiger partial charge on any atom is 0.184 e. The lowest BCUT2D eigenvalue weighted by molar-refractivity contribution is 1.08. The zero-order chi connectivity index (χ0) is 16.2. The molecule has 0 aliphatic heterocycles. The second-order valence-electron chi connectivity index (χ2n) is 5.33. The first-order chi connectivity index (χ1) is 11.9. The molecular weight excluding hydrogens is 298 g/mol. The fourth-order valence-corrected chi connectivity index (χ4v) is 2.48. The van der Waals surface area contributed by atoms with Crippen LogP contribution in [0.3, 0.4) is 0 Å². The molecule has 0 radical (unpaired) electrons. The summed E-state index contributed by atoms with van der Waals surface area (Å²) in [4.78, 5) is 17.9. The summed E-state index contributed by atoms with van der Waals surface area (Å²) in [6.45, 7) is 0.664. The smallest absolute Gasteiger partial charge is 0.184 e. The molecule has 0 unspecified atom stereocenters. The Labute approximate surface area is 139 Å². The molecule has 2 aromatic heterocycles. The Bertz CT molecular complexity index is 955. The molecule has 0 aliphatic rings. The van der Waals surface area contributed by atoms with Gasteiger partial charge in [0.05, 0.1) is 0 Å². The van der Waals surface area contributed by atoms with Gasteiger partial charge in [0.15, 0.2) is 17.3 Å². The molecule has 0 amide bonds. The first-order valence-electron chi connectivity index (χ1n) is 7.72. The second-order valence-corrected chi connectivity index (χ2v) is 5.33. The first-order valence-corrected chi connectivity index (χ1v) is 7.72. The van der Waals surface area contributed by atoms with Crippen LogP contribution in [0.2, 0.25) is 0 Å². The molecule has 1 N–H and O–H groups in total. The lowest BCUT2D eigenvalue weighted by Crippen LogP contribution is -2.05. The summed E-state index contributed by atoms with van der Waals surface area (Å²) in [6, 6.07) is 20.1. The predicted molar refractivity (Wildman–Crippen MR) is 94.3 cm³/mol. The molecular formula is C19H15N5. The van der Waals surface area contributed by atoms with Gasteiger partial charge in [0.1, 0.15) is 5.52 Å². The van der Waals surface area contributed by atoms with E-state index in [0.717, 1.165) is 5.56 Å². The van der Waals surface area contributed by atoms with Gasteiger partial charge in [-0.25, -0.2) is 19.9 Å². The van der Waals surface area contributed by atoms with Crippen molar-refractivity contribution in [3.8, 4) is 11.4 Å². The van der Waals surface area contributed by atoms with E-state index in [2.05, 4.69) is 37.4 Å². The summed E-state index contributed by atoms with van der Waals surface area (Å²) in [6.07, 6.45) is 3.30. The van der Waals surface area contributed by atoms with Gasteiger partial charge in [0, 0.05) is 24.5 Å². The number of hydrogen-bond acceptors (Lipinski definition) is 5. The number of nitrogens with one attached hydrogen (secondary N) is 1. The number of rotatable bonds is 4. The highest BCUT2D eigenvalue weighted by molar-refractivity contribution is 5.84. The predicted octanol–water partition coefficient (Wildman–Crippen LogP) is 3.70. The average Bonchev–Trinajstić information content (AvgIpc) is 2.67. The van der Waals surface area contributed by atoms with Gasteiger partial charge >= 0.3 is 0 Å². The number of hydrogen-bond donors (Lipinski definition) is 1. The van der Waals surface area contributed by atoms with E-state index in [1.165, 1.54) is 5.56 Å². The molecule has 0 atom stereocenters. The molecule has 0 saturated carbocycles. The highest BCUT2D eigenvalue weighted by Crippen LogP contribution is 2.22. The van der Waals surface area contributed by atoms with Crippen LogP contribution in [0.5, 0.6) is 0 Å². The quantitative estimate of drug-likeness (QED) is 0.622. The van der Waals surface area contributed by atoms with E-state index in [1.54, 1.807) is 12.4 Å². The third-order valence-corrected chi connectivity index (χ3v) is 3.67. The van der Waals surface area contributed by atoms with E-state index in [-0.39, 0.29) is 0 Å². The van der Waals surface area contributed by atoms with Crippen molar-refractivity contribution in [1.82, 2.24) is 19.9 Å². The van der Waals surface area contributed by atoms with Gasteiger partial charge in [-0.15, -0.1) is 0 Å². The van der Waals surface area contributed by atoms with Crippen LogP contribution in [-0.4, -0.2) is 19.9 Å². The minimum atomic E-state index is 0.585. The van der Waals surface area contributed by atoms with Crippen molar-refractivity contribution < 1.29 is 0 Å². The summed E-state index contributed by atoms with van der Waals surface area (Å²) in [5, 5.41) is 3.36. The van der Waals surface area contributed by atoms with E-state index in [1.807, 2.05) is 48.5 Å². The van der Waals surface area contributed by atoms with Crippen LogP contribution >= 0.6 is 0 Å². The first kappa shape index (κ1) is 14.3. The summed E-state index contributed by atoms with van der Waals surface area (Å²) < 4.78 is 0. The Morgan fingerprint density at radius 3 is 2.25 bits per heavy atom. The van der Waals surface area contributed by atoms with Gasteiger partial charge in [-0.2, -0.15) is 0 Å². The number of anilines is 1.